The Bertz CT molecular complexity index is 1340. The summed E-state index contributed by atoms with van der Waals surface area (Å²) in [6, 6.07) is 18.5. The number of nitrogens with zero attached hydrogens (tertiary/aromatic N) is 2. The number of anilines is 3. The number of aryl methyl sites for hydroxylation is 2. The molecule has 2 heterocycles. The number of carbonyl (C=O) groups excluding carboxylic acids is 3. The Labute approximate surface area is 200 Å². The van der Waals surface area contributed by atoms with Crippen molar-refractivity contribution in [2.75, 3.05) is 27.4 Å². The Morgan fingerprint density at radius 2 is 1.85 bits per heavy atom. The third-order valence-electron chi connectivity index (χ3n) is 6.09. The third kappa shape index (κ3) is 3.45. The van der Waals surface area contributed by atoms with E-state index in [0.717, 1.165) is 11.1 Å². The lowest BCUT2D eigenvalue weighted by Crippen LogP contribution is -2.50. The predicted octanol–water partition coefficient (Wildman–Crippen LogP) is 4.36. The first-order valence-electron chi connectivity index (χ1n) is 10.8. The highest BCUT2D eigenvalue weighted by Gasteiger charge is 2.61. The molecule has 1 N–H and O–H groups in total. The van der Waals surface area contributed by atoms with Crippen molar-refractivity contribution in [2.45, 2.75) is 18.7 Å². The fourth-order valence-corrected chi connectivity index (χ4v) is 5.97. The van der Waals surface area contributed by atoms with Crippen LogP contribution in [0.4, 0.5) is 21.5 Å². The van der Waals surface area contributed by atoms with Crippen LogP contribution in [0, 0.1) is 19.7 Å². The van der Waals surface area contributed by atoms with Crippen LogP contribution < -0.4 is 15.1 Å². The van der Waals surface area contributed by atoms with Gasteiger partial charge in [-0.05, 0) is 49.7 Å². The summed E-state index contributed by atoms with van der Waals surface area (Å²) in [6.07, 6.45) is 0. The van der Waals surface area contributed by atoms with Crippen LogP contribution in [0.25, 0.3) is 0 Å². The van der Waals surface area contributed by atoms with E-state index in [4.69, 9.17) is 0 Å². The van der Waals surface area contributed by atoms with Crippen molar-refractivity contribution in [1.29, 1.82) is 0 Å². The summed E-state index contributed by atoms with van der Waals surface area (Å²) in [6.45, 7) is 3.67. The summed E-state index contributed by atoms with van der Waals surface area (Å²) in [7, 11) is 0. The zero-order chi connectivity index (χ0) is 24.0. The molecule has 3 amide bonds. The minimum atomic E-state index is -1.39. The van der Waals surface area contributed by atoms with Crippen molar-refractivity contribution in [1.82, 2.24) is 0 Å². The number of para-hydroxylation sites is 1. The van der Waals surface area contributed by atoms with Gasteiger partial charge in [-0.25, -0.2) is 4.39 Å². The van der Waals surface area contributed by atoms with Crippen molar-refractivity contribution in [3.05, 3.63) is 89.2 Å². The first kappa shape index (κ1) is 22.2. The quantitative estimate of drug-likeness (QED) is 0.609. The van der Waals surface area contributed by atoms with Crippen molar-refractivity contribution >= 4 is 46.5 Å². The molecule has 2 aliphatic rings. The van der Waals surface area contributed by atoms with Gasteiger partial charge in [-0.15, -0.1) is 11.8 Å². The molecule has 0 radical (unpaired) electrons. The smallest absolute Gasteiger partial charge is 0.269 e. The van der Waals surface area contributed by atoms with Crippen LogP contribution in [0.5, 0.6) is 0 Å². The second kappa shape index (κ2) is 8.29. The number of benzene rings is 3. The molecule has 1 fully saturated rings. The Hall–Kier alpha value is -3.65. The molecule has 5 rings (SSSR count). The van der Waals surface area contributed by atoms with Gasteiger partial charge >= 0.3 is 0 Å². The average Bonchev–Trinajstić information content (AvgIpc) is 3.27. The molecule has 8 heteroatoms. The Morgan fingerprint density at radius 3 is 2.62 bits per heavy atom. The number of halogens is 1. The number of amides is 3. The minimum absolute atomic E-state index is 0.0686. The first-order valence-corrected chi connectivity index (χ1v) is 11.8. The second-order valence-corrected chi connectivity index (χ2v) is 9.58. The molecule has 0 unspecified atom stereocenters. The molecule has 3 aromatic carbocycles. The minimum Gasteiger partial charge on any atom is -0.324 e. The van der Waals surface area contributed by atoms with Gasteiger partial charge in [0.05, 0.1) is 11.4 Å². The molecule has 3 aromatic rings. The Kier molecular flexibility index (Phi) is 5.40. The van der Waals surface area contributed by atoms with E-state index >= 15 is 0 Å². The summed E-state index contributed by atoms with van der Waals surface area (Å²) >= 11 is 1.19. The molecular weight excluding hydrogens is 453 g/mol. The van der Waals surface area contributed by atoms with Crippen molar-refractivity contribution < 1.29 is 18.8 Å². The Morgan fingerprint density at radius 1 is 1.06 bits per heavy atom. The van der Waals surface area contributed by atoms with Crippen LogP contribution in [-0.2, 0) is 19.3 Å². The molecular formula is C26H22FN3O3S. The SMILES string of the molecule is Cc1ccc(NC(=O)CN2C(=O)[C@@]3(SCC(=O)N3c3cccc(F)c3)c3ccccc32)c(C)c1. The number of rotatable bonds is 4. The normalized spacial score (nSPS) is 19.1. The maximum atomic E-state index is 14.0. The summed E-state index contributed by atoms with van der Waals surface area (Å²) in [5.74, 6) is -1.47. The van der Waals surface area contributed by atoms with Gasteiger partial charge in [0, 0.05) is 16.9 Å². The number of nitrogens with one attached hydrogen (secondary N) is 1. The van der Waals surface area contributed by atoms with E-state index in [1.165, 1.54) is 39.8 Å². The average molecular weight is 476 g/mol. The van der Waals surface area contributed by atoms with Crippen molar-refractivity contribution in [2.24, 2.45) is 0 Å². The van der Waals surface area contributed by atoms with Crippen LogP contribution in [0.1, 0.15) is 16.7 Å². The van der Waals surface area contributed by atoms with Crippen LogP contribution in [0.15, 0.2) is 66.7 Å². The number of fused-ring (bicyclic) bond motifs is 2. The lowest BCUT2D eigenvalue weighted by molar-refractivity contribution is -0.124. The fourth-order valence-electron chi connectivity index (χ4n) is 4.61. The standard InChI is InChI=1S/C26H22FN3O3S/c1-16-10-11-21(17(2)12-16)28-23(31)14-29-22-9-4-3-8-20(22)26(25(29)33)30(24(32)15-34-26)19-7-5-6-18(27)13-19/h3-13H,14-15H2,1-2H3,(H,28,31)/t26-/m0/s1. The van der Waals surface area contributed by atoms with Gasteiger partial charge in [0.25, 0.3) is 5.91 Å². The summed E-state index contributed by atoms with van der Waals surface area (Å²) in [5.41, 5.74) is 4.16. The first-order chi connectivity index (χ1) is 16.3. The van der Waals surface area contributed by atoms with E-state index in [2.05, 4.69) is 5.32 Å². The van der Waals surface area contributed by atoms with Gasteiger partial charge in [-0.2, -0.15) is 0 Å². The van der Waals surface area contributed by atoms with Crippen molar-refractivity contribution in [3.8, 4) is 0 Å². The van der Waals surface area contributed by atoms with Crippen molar-refractivity contribution in [3.63, 3.8) is 0 Å². The molecule has 1 saturated heterocycles. The number of carbonyl (C=O) groups is 3. The van der Waals surface area contributed by atoms with E-state index < -0.39 is 16.6 Å². The van der Waals surface area contributed by atoms with Crippen LogP contribution in [0.2, 0.25) is 0 Å². The topological polar surface area (TPSA) is 69.7 Å². The second-order valence-electron chi connectivity index (χ2n) is 8.42. The zero-order valence-electron chi connectivity index (χ0n) is 18.7. The number of hydrogen-bond acceptors (Lipinski definition) is 4. The van der Waals surface area contributed by atoms with Gasteiger partial charge in [0.15, 0.2) is 0 Å². The highest BCUT2D eigenvalue weighted by Crippen LogP contribution is 2.55. The summed E-state index contributed by atoms with van der Waals surface area (Å²) in [4.78, 5) is 41.3. The maximum absolute atomic E-state index is 14.0. The van der Waals surface area contributed by atoms with Gasteiger partial charge in [0.1, 0.15) is 12.4 Å². The van der Waals surface area contributed by atoms with Crippen LogP contribution in [0.3, 0.4) is 0 Å². The molecule has 0 bridgehead atoms. The summed E-state index contributed by atoms with van der Waals surface area (Å²) in [5, 5.41) is 2.88. The molecule has 34 heavy (non-hydrogen) atoms. The predicted molar refractivity (Wildman–Crippen MR) is 131 cm³/mol. The van der Waals surface area contributed by atoms with E-state index in [9.17, 15) is 18.8 Å². The largest absolute Gasteiger partial charge is 0.324 e. The molecule has 1 spiro atoms. The molecule has 0 aromatic heterocycles. The van der Waals surface area contributed by atoms with E-state index in [0.29, 0.717) is 22.6 Å². The third-order valence-corrected chi connectivity index (χ3v) is 7.47. The lowest BCUT2D eigenvalue weighted by atomic mass is 10.0. The van der Waals surface area contributed by atoms with Gasteiger partial charge < -0.3 is 5.32 Å². The lowest BCUT2D eigenvalue weighted by Gasteiger charge is -2.33. The fraction of sp³-hybridized carbons (Fsp3) is 0.192. The molecule has 6 nitrogen and oxygen atoms in total. The van der Waals surface area contributed by atoms with Gasteiger partial charge in [-0.1, -0.05) is 42.0 Å². The number of hydrogen-bond donors (Lipinski definition) is 1. The highest BCUT2D eigenvalue weighted by molar-refractivity contribution is 8.02. The molecule has 172 valence electrons. The highest BCUT2D eigenvalue weighted by atomic mass is 32.2. The number of thioether (sulfide) groups is 1. The zero-order valence-corrected chi connectivity index (χ0v) is 19.5. The van der Waals surface area contributed by atoms with Crippen LogP contribution >= 0.6 is 11.8 Å². The van der Waals surface area contributed by atoms with Crippen LogP contribution in [-0.4, -0.2) is 30.0 Å². The molecule has 1 atom stereocenters. The van der Waals surface area contributed by atoms with Gasteiger partial charge in [0.2, 0.25) is 16.7 Å². The summed E-state index contributed by atoms with van der Waals surface area (Å²) < 4.78 is 14.0. The van der Waals surface area contributed by atoms with E-state index in [1.54, 1.807) is 30.3 Å². The van der Waals surface area contributed by atoms with Gasteiger partial charge in [-0.3, -0.25) is 24.2 Å². The molecule has 0 aliphatic carbocycles. The van der Waals surface area contributed by atoms with E-state index in [1.807, 2.05) is 32.0 Å². The maximum Gasteiger partial charge on any atom is 0.269 e. The Balaban J connectivity index is 1.51. The molecule has 0 saturated carbocycles. The molecule has 2 aliphatic heterocycles. The monoisotopic (exact) mass is 475 g/mol. The van der Waals surface area contributed by atoms with E-state index in [-0.39, 0.29) is 24.1 Å².